The third kappa shape index (κ3) is 5.43. The van der Waals surface area contributed by atoms with E-state index >= 15 is 0 Å². The molecule has 0 saturated carbocycles. The first-order valence-electron chi connectivity index (χ1n) is 11.3. The van der Waals surface area contributed by atoms with Crippen molar-refractivity contribution in [1.29, 1.82) is 0 Å². The summed E-state index contributed by atoms with van der Waals surface area (Å²) < 4.78 is 66.1. The van der Waals surface area contributed by atoms with Crippen LogP contribution in [-0.4, -0.2) is 66.6 Å². The lowest BCUT2D eigenvalue weighted by atomic mass is 10.1. The number of hydrogen-bond acceptors (Lipinski definition) is 7. The van der Waals surface area contributed by atoms with Gasteiger partial charge in [-0.05, 0) is 53.2 Å². The van der Waals surface area contributed by atoms with Crippen molar-refractivity contribution in [2.24, 2.45) is 4.99 Å². The van der Waals surface area contributed by atoms with Crippen molar-refractivity contribution < 1.29 is 26.4 Å². The summed E-state index contributed by atoms with van der Waals surface area (Å²) in [5.74, 6) is -0.299. The van der Waals surface area contributed by atoms with Crippen LogP contribution in [0.25, 0.3) is 17.0 Å². The van der Waals surface area contributed by atoms with Gasteiger partial charge in [-0.2, -0.15) is 23.3 Å². The molecule has 1 aromatic heterocycles. The van der Waals surface area contributed by atoms with Crippen molar-refractivity contribution in [3.8, 4) is 0 Å². The summed E-state index contributed by atoms with van der Waals surface area (Å²) in [5, 5.41) is 8.89. The Balaban J connectivity index is 1.39. The zero-order chi connectivity index (χ0) is 26.4. The standard InChI is InChI=1S/C24H22F3N5O3S2/c1-37(34,35)18-4-3-16(19(12-18)24(25,26)27)14-32-20-5-2-15(10-17(20)13-29-32)11-21-22(33)30-23(36-21)31-8-6-28-7-9-31/h2-5,10-13,28H,6-9,14H2,1H3. The Morgan fingerprint density at radius 2 is 1.89 bits per heavy atom. The van der Waals surface area contributed by atoms with E-state index in [9.17, 15) is 26.4 Å². The van der Waals surface area contributed by atoms with Gasteiger partial charge in [0.05, 0.1) is 33.6 Å². The molecule has 1 saturated heterocycles. The van der Waals surface area contributed by atoms with Gasteiger partial charge in [0, 0.05) is 37.8 Å². The number of sulfone groups is 1. The predicted molar refractivity (Wildman–Crippen MR) is 136 cm³/mol. The number of amides is 1. The molecule has 3 aromatic rings. The predicted octanol–water partition coefficient (Wildman–Crippen LogP) is 3.38. The zero-order valence-electron chi connectivity index (χ0n) is 19.6. The molecule has 0 aliphatic carbocycles. The highest BCUT2D eigenvalue weighted by atomic mass is 32.2. The highest BCUT2D eigenvalue weighted by Crippen LogP contribution is 2.35. The van der Waals surface area contributed by atoms with Crippen LogP contribution in [0.3, 0.4) is 0 Å². The Bertz CT molecular complexity index is 1560. The van der Waals surface area contributed by atoms with Gasteiger partial charge in [0.15, 0.2) is 15.0 Å². The van der Waals surface area contributed by atoms with Crippen molar-refractivity contribution in [2.45, 2.75) is 17.6 Å². The number of carbonyl (C=O) groups excluding carboxylic acids is 1. The number of nitrogens with one attached hydrogen (secondary N) is 1. The third-order valence-electron chi connectivity index (χ3n) is 6.10. The average Bonchev–Trinajstić information content (AvgIpc) is 3.41. The Hall–Kier alpha value is -3.16. The Kier molecular flexibility index (Phi) is 6.62. The molecule has 1 amide bonds. The van der Waals surface area contributed by atoms with E-state index in [-0.39, 0.29) is 18.0 Å². The number of aliphatic imine (C=N–C) groups is 1. The molecule has 8 nitrogen and oxygen atoms in total. The quantitative estimate of drug-likeness (QED) is 0.499. The SMILES string of the molecule is CS(=O)(=O)c1ccc(Cn2ncc3cc(C=C4SC(N5CCNCC5)=NC4=O)ccc32)c(C(F)(F)F)c1. The highest BCUT2D eigenvalue weighted by molar-refractivity contribution is 8.18. The monoisotopic (exact) mass is 549 g/mol. The number of benzene rings is 2. The molecule has 1 N–H and O–H groups in total. The number of halogens is 3. The minimum absolute atomic E-state index is 0.0957. The van der Waals surface area contributed by atoms with Gasteiger partial charge in [0.2, 0.25) is 0 Å². The Morgan fingerprint density at radius 1 is 1.14 bits per heavy atom. The van der Waals surface area contributed by atoms with E-state index < -0.39 is 26.5 Å². The van der Waals surface area contributed by atoms with E-state index in [2.05, 4.69) is 20.3 Å². The van der Waals surface area contributed by atoms with Gasteiger partial charge < -0.3 is 10.2 Å². The second kappa shape index (κ2) is 9.62. The van der Waals surface area contributed by atoms with Crippen LogP contribution in [0, 0.1) is 0 Å². The van der Waals surface area contributed by atoms with Gasteiger partial charge in [-0.1, -0.05) is 12.1 Å². The van der Waals surface area contributed by atoms with Crippen LogP contribution < -0.4 is 5.32 Å². The van der Waals surface area contributed by atoms with Crippen LogP contribution in [0.5, 0.6) is 0 Å². The molecule has 13 heteroatoms. The molecule has 0 unspecified atom stereocenters. The molecule has 194 valence electrons. The van der Waals surface area contributed by atoms with Gasteiger partial charge in [-0.25, -0.2) is 8.42 Å². The van der Waals surface area contributed by atoms with E-state index in [0.29, 0.717) is 27.0 Å². The summed E-state index contributed by atoms with van der Waals surface area (Å²) in [6.45, 7) is 3.04. The van der Waals surface area contributed by atoms with Crippen LogP contribution in [-0.2, 0) is 27.4 Å². The molecule has 3 heterocycles. The number of carbonyl (C=O) groups is 1. The van der Waals surface area contributed by atoms with Crippen LogP contribution in [0.15, 0.2) is 57.4 Å². The maximum absolute atomic E-state index is 13.7. The fraction of sp³-hybridized carbons (Fsp3) is 0.292. The summed E-state index contributed by atoms with van der Waals surface area (Å²) in [5.41, 5.74) is 0.234. The smallest absolute Gasteiger partial charge is 0.348 e. The van der Waals surface area contributed by atoms with Crippen LogP contribution >= 0.6 is 11.8 Å². The van der Waals surface area contributed by atoms with E-state index in [1.807, 2.05) is 0 Å². The molecule has 0 spiro atoms. The maximum Gasteiger partial charge on any atom is 0.416 e. The molecular weight excluding hydrogens is 527 g/mol. The van der Waals surface area contributed by atoms with E-state index in [0.717, 1.165) is 38.0 Å². The van der Waals surface area contributed by atoms with E-state index in [1.165, 1.54) is 28.6 Å². The first-order valence-corrected chi connectivity index (χ1v) is 14.0. The molecule has 2 aliphatic rings. The zero-order valence-corrected chi connectivity index (χ0v) is 21.3. The number of amidine groups is 1. The van der Waals surface area contributed by atoms with Crippen LogP contribution in [0.4, 0.5) is 13.2 Å². The highest BCUT2D eigenvalue weighted by Gasteiger charge is 2.34. The molecule has 2 aliphatic heterocycles. The van der Waals surface area contributed by atoms with Crippen LogP contribution in [0.2, 0.25) is 0 Å². The van der Waals surface area contributed by atoms with E-state index in [4.69, 9.17) is 0 Å². The number of piperazine rings is 1. The molecular formula is C24H22F3N5O3S2. The number of fused-ring (bicyclic) bond motifs is 1. The molecule has 0 bridgehead atoms. The van der Waals surface area contributed by atoms with Crippen molar-refractivity contribution in [3.05, 3.63) is 64.2 Å². The topological polar surface area (TPSA) is 96.7 Å². The Morgan fingerprint density at radius 3 is 2.59 bits per heavy atom. The lowest BCUT2D eigenvalue weighted by Crippen LogP contribution is -2.45. The number of alkyl halides is 3. The normalized spacial score (nSPS) is 18.2. The van der Waals surface area contributed by atoms with Crippen molar-refractivity contribution in [2.75, 3.05) is 32.4 Å². The largest absolute Gasteiger partial charge is 0.416 e. The number of rotatable bonds is 4. The minimum atomic E-state index is -4.73. The number of aromatic nitrogens is 2. The minimum Gasteiger partial charge on any atom is -0.348 e. The Labute approximate surface area is 215 Å². The fourth-order valence-electron chi connectivity index (χ4n) is 4.21. The summed E-state index contributed by atoms with van der Waals surface area (Å²) in [4.78, 5) is 18.8. The molecule has 2 aromatic carbocycles. The van der Waals surface area contributed by atoms with Gasteiger partial charge in [-0.3, -0.25) is 9.48 Å². The number of hydrogen-bond donors (Lipinski definition) is 1. The van der Waals surface area contributed by atoms with Crippen molar-refractivity contribution in [3.63, 3.8) is 0 Å². The third-order valence-corrected chi connectivity index (χ3v) is 8.25. The number of nitrogens with zero attached hydrogens (tertiary/aromatic N) is 4. The summed E-state index contributed by atoms with van der Waals surface area (Å²) in [6, 6.07) is 8.30. The van der Waals surface area contributed by atoms with Gasteiger partial charge in [0.25, 0.3) is 5.91 Å². The van der Waals surface area contributed by atoms with Gasteiger partial charge in [-0.15, -0.1) is 0 Å². The average molecular weight is 550 g/mol. The van der Waals surface area contributed by atoms with Crippen LogP contribution in [0.1, 0.15) is 16.7 Å². The lowest BCUT2D eigenvalue weighted by Gasteiger charge is -2.27. The molecule has 5 rings (SSSR count). The maximum atomic E-state index is 13.7. The summed E-state index contributed by atoms with van der Waals surface area (Å²) >= 11 is 1.33. The second-order valence-corrected chi connectivity index (χ2v) is 11.8. The summed E-state index contributed by atoms with van der Waals surface area (Å²) in [7, 11) is -3.80. The first kappa shape index (κ1) is 25.5. The van der Waals surface area contributed by atoms with Gasteiger partial charge >= 0.3 is 6.18 Å². The lowest BCUT2D eigenvalue weighted by molar-refractivity contribution is -0.138. The van der Waals surface area contributed by atoms with E-state index in [1.54, 1.807) is 30.5 Å². The van der Waals surface area contributed by atoms with Crippen molar-refractivity contribution in [1.82, 2.24) is 20.0 Å². The first-order chi connectivity index (χ1) is 17.5. The van der Waals surface area contributed by atoms with Gasteiger partial charge in [0.1, 0.15) is 0 Å². The molecule has 1 fully saturated rings. The summed E-state index contributed by atoms with van der Waals surface area (Å²) in [6.07, 6.45) is -0.572. The molecule has 0 radical (unpaired) electrons. The number of thioether (sulfide) groups is 1. The second-order valence-electron chi connectivity index (χ2n) is 8.76. The fourth-order valence-corrected chi connectivity index (χ4v) is 5.82. The van der Waals surface area contributed by atoms with Crippen molar-refractivity contribution >= 4 is 49.7 Å². The molecule has 37 heavy (non-hydrogen) atoms. The molecule has 0 atom stereocenters.